The summed E-state index contributed by atoms with van der Waals surface area (Å²) in [4.78, 5) is 11.8. The molecule has 94 valence electrons. The third-order valence-electron chi connectivity index (χ3n) is 2.55. The summed E-state index contributed by atoms with van der Waals surface area (Å²) >= 11 is 3.51. The Labute approximate surface area is 111 Å². The van der Waals surface area contributed by atoms with Crippen molar-refractivity contribution in [3.8, 4) is 5.75 Å². The van der Waals surface area contributed by atoms with Crippen LogP contribution in [0.15, 0.2) is 16.6 Å². The van der Waals surface area contributed by atoms with Crippen molar-refractivity contribution >= 4 is 21.7 Å². The highest BCUT2D eigenvalue weighted by Crippen LogP contribution is 2.34. The van der Waals surface area contributed by atoms with Crippen molar-refractivity contribution in [1.29, 1.82) is 0 Å². The zero-order valence-corrected chi connectivity index (χ0v) is 12.2. The Hall–Kier alpha value is -0.870. The number of nitrogens with one attached hydrogen (secondary N) is 1. The van der Waals surface area contributed by atoms with Gasteiger partial charge in [0.1, 0.15) is 5.75 Å². The highest BCUT2D eigenvalue weighted by Gasteiger charge is 2.16. The largest absolute Gasteiger partial charge is 0.496 e. The molecule has 0 aliphatic rings. The van der Waals surface area contributed by atoms with E-state index >= 15 is 0 Å². The van der Waals surface area contributed by atoms with Crippen LogP contribution in [0.1, 0.15) is 35.7 Å². The summed E-state index contributed by atoms with van der Waals surface area (Å²) in [6, 6.07) is 3.66. The molecule has 17 heavy (non-hydrogen) atoms. The van der Waals surface area contributed by atoms with Crippen LogP contribution in [0.25, 0.3) is 0 Å². The summed E-state index contributed by atoms with van der Waals surface area (Å²) in [5.41, 5.74) is 1.75. The van der Waals surface area contributed by atoms with E-state index in [1.807, 2.05) is 6.07 Å². The Morgan fingerprint density at radius 2 is 2.12 bits per heavy atom. The van der Waals surface area contributed by atoms with Gasteiger partial charge >= 0.3 is 0 Å². The van der Waals surface area contributed by atoms with Crippen molar-refractivity contribution in [3.05, 3.63) is 27.7 Å². The fourth-order valence-corrected chi connectivity index (χ4v) is 2.65. The van der Waals surface area contributed by atoms with Gasteiger partial charge in [0.2, 0.25) is 0 Å². The van der Waals surface area contributed by atoms with Crippen molar-refractivity contribution in [1.82, 2.24) is 5.32 Å². The van der Waals surface area contributed by atoms with Gasteiger partial charge in [-0.25, -0.2) is 0 Å². The number of rotatable bonds is 5. The molecule has 0 amide bonds. The minimum atomic E-state index is 0.0572. The zero-order valence-electron chi connectivity index (χ0n) is 10.6. The van der Waals surface area contributed by atoms with E-state index in [2.05, 4.69) is 35.1 Å². The molecule has 1 N–H and O–H groups in total. The highest BCUT2D eigenvalue weighted by molar-refractivity contribution is 9.10. The number of halogens is 1. The van der Waals surface area contributed by atoms with Gasteiger partial charge in [-0.15, -0.1) is 0 Å². The SMILES string of the molecule is CNCC(=O)c1cc(Br)c(C(C)C)c(OC)c1. The molecule has 4 heteroatoms. The number of hydrogen-bond acceptors (Lipinski definition) is 3. The second-order valence-corrected chi connectivity index (χ2v) is 5.04. The molecule has 1 rings (SSSR count). The van der Waals surface area contributed by atoms with Gasteiger partial charge in [-0.05, 0) is 25.1 Å². The van der Waals surface area contributed by atoms with Crippen LogP contribution in [-0.4, -0.2) is 26.5 Å². The van der Waals surface area contributed by atoms with Gasteiger partial charge in [-0.1, -0.05) is 29.8 Å². The molecule has 0 saturated heterocycles. The number of methoxy groups -OCH3 is 1. The number of carbonyl (C=O) groups excluding carboxylic acids is 1. The number of hydrogen-bond donors (Lipinski definition) is 1. The summed E-state index contributed by atoms with van der Waals surface area (Å²) < 4.78 is 6.28. The summed E-state index contributed by atoms with van der Waals surface area (Å²) in [7, 11) is 3.38. The maximum Gasteiger partial charge on any atom is 0.176 e. The minimum absolute atomic E-state index is 0.0572. The lowest BCUT2D eigenvalue weighted by Gasteiger charge is -2.15. The standard InChI is InChI=1S/C13H18BrNO2/c1-8(2)13-10(14)5-9(6-12(13)17-4)11(16)7-15-3/h5-6,8,15H,7H2,1-4H3. The van der Waals surface area contributed by atoms with Gasteiger partial charge < -0.3 is 10.1 Å². The maximum atomic E-state index is 11.8. The van der Waals surface area contributed by atoms with Crippen molar-refractivity contribution in [2.24, 2.45) is 0 Å². The Morgan fingerprint density at radius 1 is 1.47 bits per heavy atom. The van der Waals surface area contributed by atoms with Gasteiger partial charge in [0.25, 0.3) is 0 Å². The normalized spacial score (nSPS) is 10.7. The van der Waals surface area contributed by atoms with Crippen LogP contribution in [0.4, 0.5) is 0 Å². The molecule has 1 aromatic carbocycles. The van der Waals surface area contributed by atoms with E-state index in [1.54, 1.807) is 20.2 Å². The third-order valence-corrected chi connectivity index (χ3v) is 3.20. The average molecular weight is 300 g/mol. The first-order valence-corrected chi connectivity index (χ1v) is 6.35. The molecule has 1 aromatic rings. The van der Waals surface area contributed by atoms with E-state index < -0.39 is 0 Å². The highest BCUT2D eigenvalue weighted by atomic mass is 79.9. The Bertz CT molecular complexity index is 416. The van der Waals surface area contributed by atoms with E-state index in [0.717, 1.165) is 15.8 Å². The predicted octanol–water partition coefficient (Wildman–Crippen LogP) is 2.98. The van der Waals surface area contributed by atoms with Gasteiger partial charge in [-0.2, -0.15) is 0 Å². The molecule has 0 spiro atoms. The van der Waals surface area contributed by atoms with Gasteiger partial charge in [0.15, 0.2) is 5.78 Å². The van der Waals surface area contributed by atoms with Crippen LogP contribution in [0.5, 0.6) is 5.75 Å². The summed E-state index contributed by atoms with van der Waals surface area (Å²) in [5.74, 6) is 1.16. The maximum absolute atomic E-state index is 11.8. The molecule has 0 fully saturated rings. The lowest BCUT2D eigenvalue weighted by Crippen LogP contribution is -2.18. The average Bonchev–Trinajstić information content (AvgIpc) is 2.27. The molecular weight excluding hydrogens is 282 g/mol. The number of ketones is 1. The third kappa shape index (κ3) is 3.30. The molecule has 0 saturated carbocycles. The molecule has 0 atom stereocenters. The van der Waals surface area contributed by atoms with Gasteiger partial charge in [0.05, 0.1) is 13.7 Å². The smallest absolute Gasteiger partial charge is 0.176 e. The van der Waals surface area contributed by atoms with Crippen molar-refractivity contribution in [2.75, 3.05) is 20.7 Å². The Kier molecular flexibility index (Phi) is 5.15. The fourth-order valence-electron chi connectivity index (χ4n) is 1.75. The zero-order chi connectivity index (χ0) is 13.0. The lowest BCUT2D eigenvalue weighted by molar-refractivity contribution is 0.0993. The molecule has 0 aliphatic carbocycles. The molecule has 0 unspecified atom stereocenters. The van der Waals surface area contributed by atoms with Crippen molar-refractivity contribution in [2.45, 2.75) is 19.8 Å². The second-order valence-electron chi connectivity index (χ2n) is 4.18. The fraction of sp³-hybridized carbons (Fsp3) is 0.462. The summed E-state index contributed by atoms with van der Waals surface area (Å²) in [6.07, 6.45) is 0. The monoisotopic (exact) mass is 299 g/mol. The number of carbonyl (C=O) groups is 1. The van der Waals surface area contributed by atoms with Crippen LogP contribution in [0.3, 0.4) is 0 Å². The Balaban J connectivity index is 3.22. The van der Waals surface area contributed by atoms with Crippen LogP contribution in [-0.2, 0) is 0 Å². The molecule has 0 bridgehead atoms. The topological polar surface area (TPSA) is 38.3 Å². The van der Waals surface area contributed by atoms with E-state index in [0.29, 0.717) is 18.0 Å². The van der Waals surface area contributed by atoms with Crippen LogP contribution in [0.2, 0.25) is 0 Å². The van der Waals surface area contributed by atoms with Crippen molar-refractivity contribution in [3.63, 3.8) is 0 Å². The quantitative estimate of drug-likeness (QED) is 0.850. The van der Waals surface area contributed by atoms with Gasteiger partial charge in [-0.3, -0.25) is 4.79 Å². The first kappa shape index (κ1) is 14.2. The number of Topliss-reactive ketones (excluding diaryl/α,β-unsaturated/α-hetero) is 1. The first-order chi connectivity index (χ1) is 8.01. The lowest BCUT2D eigenvalue weighted by atomic mass is 9.99. The molecule has 0 heterocycles. The Morgan fingerprint density at radius 3 is 2.59 bits per heavy atom. The van der Waals surface area contributed by atoms with Gasteiger partial charge in [0, 0.05) is 15.6 Å². The number of likely N-dealkylation sites (N-methyl/N-ethyl adjacent to an activating group) is 1. The molecule has 0 aromatic heterocycles. The summed E-state index contributed by atoms with van der Waals surface area (Å²) in [6.45, 7) is 4.52. The van der Waals surface area contributed by atoms with Crippen molar-refractivity contribution < 1.29 is 9.53 Å². The molecular formula is C13H18BrNO2. The van der Waals surface area contributed by atoms with E-state index in [9.17, 15) is 4.79 Å². The summed E-state index contributed by atoms with van der Waals surface area (Å²) in [5, 5.41) is 2.85. The molecule has 0 aliphatic heterocycles. The van der Waals surface area contributed by atoms with Crippen LogP contribution < -0.4 is 10.1 Å². The number of benzene rings is 1. The van der Waals surface area contributed by atoms with E-state index in [-0.39, 0.29) is 5.78 Å². The van der Waals surface area contributed by atoms with Crippen LogP contribution >= 0.6 is 15.9 Å². The first-order valence-electron chi connectivity index (χ1n) is 5.56. The van der Waals surface area contributed by atoms with E-state index in [1.165, 1.54) is 0 Å². The minimum Gasteiger partial charge on any atom is -0.496 e. The van der Waals surface area contributed by atoms with Crippen LogP contribution in [0, 0.1) is 0 Å². The van der Waals surface area contributed by atoms with E-state index in [4.69, 9.17) is 4.74 Å². The molecule has 0 radical (unpaired) electrons. The predicted molar refractivity (Wildman–Crippen MR) is 73.0 cm³/mol. The number of ether oxygens (including phenoxy) is 1. The molecule has 3 nitrogen and oxygen atoms in total. The second kappa shape index (κ2) is 6.17.